The Bertz CT molecular complexity index is 646. The number of nitrogens with one attached hydrogen (secondary N) is 2. The van der Waals surface area contributed by atoms with Crippen molar-refractivity contribution in [3.05, 3.63) is 50.9 Å². The first-order valence-electron chi connectivity index (χ1n) is 6.13. The summed E-state index contributed by atoms with van der Waals surface area (Å²) >= 11 is 4.47. The molecule has 0 atom stereocenters. The minimum absolute atomic E-state index is 0.0760. The fourth-order valence-corrected chi connectivity index (χ4v) is 2.56. The van der Waals surface area contributed by atoms with Crippen LogP contribution in [0.3, 0.4) is 0 Å². The van der Waals surface area contributed by atoms with E-state index in [9.17, 15) is 14.0 Å². The molecule has 2 aromatic rings. The van der Waals surface area contributed by atoms with Crippen LogP contribution in [0.5, 0.6) is 0 Å². The average Bonchev–Trinajstić information content (AvgIpc) is 2.96. The van der Waals surface area contributed by atoms with Crippen molar-refractivity contribution in [2.45, 2.75) is 6.42 Å². The second-order valence-corrected chi connectivity index (χ2v) is 6.02. The van der Waals surface area contributed by atoms with E-state index in [1.807, 2.05) is 0 Å². The van der Waals surface area contributed by atoms with Gasteiger partial charge in [0.1, 0.15) is 5.82 Å². The third-order valence-electron chi connectivity index (χ3n) is 2.59. The number of amides is 2. The lowest BCUT2D eigenvalue weighted by Gasteiger charge is -2.07. The second kappa shape index (κ2) is 7.33. The summed E-state index contributed by atoms with van der Waals surface area (Å²) in [5.41, 5.74) is 0.118. The van der Waals surface area contributed by atoms with Crippen molar-refractivity contribution in [3.8, 4) is 0 Å². The van der Waals surface area contributed by atoms with Crippen molar-refractivity contribution >= 4 is 44.8 Å². The second-order valence-electron chi connectivity index (χ2n) is 4.16. The molecule has 0 radical (unpaired) electrons. The number of hydrogen-bond acceptors (Lipinski definition) is 3. The average molecular weight is 371 g/mol. The molecule has 110 valence electrons. The van der Waals surface area contributed by atoms with Gasteiger partial charge in [0.25, 0.3) is 5.91 Å². The van der Waals surface area contributed by atoms with E-state index in [-0.39, 0.29) is 30.5 Å². The maximum Gasteiger partial charge on any atom is 0.261 e. The molecule has 1 aromatic carbocycles. The zero-order chi connectivity index (χ0) is 15.2. The summed E-state index contributed by atoms with van der Waals surface area (Å²) < 4.78 is 14.1. The van der Waals surface area contributed by atoms with E-state index < -0.39 is 5.82 Å². The van der Waals surface area contributed by atoms with Gasteiger partial charge in [0, 0.05) is 17.4 Å². The van der Waals surface area contributed by atoms with Gasteiger partial charge in [-0.2, -0.15) is 0 Å². The van der Waals surface area contributed by atoms with Crippen molar-refractivity contribution in [1.29, 1.82) is 0 Å². The van der Waals surface area contributed by atoms with Crippen molar-refractivity contribution in [1.82, 2.24) is 5.32 Å². The molecule has 0 saturated heterocycles. The third kappa shape index (κ3) is 4.64. The predicted octanol–water partition coefficient (Wildman–Crippen LogP) is 3.41. The van der Waals surface area contributed by atoms with Crippen LogP contribution in [-0.4, -0.2) is 18.4 Å². The van der Waals surface area contributed by atoms with E-state index in [1.165, 1.54) is 23.5 Å². The number of anilines is 1. The normalized spacial score (nSPS) is 10.2. The van der Waals surface area contributed by atoms with Crippen LogP contribution in [0, 0.1) is 5.82 Å². The Kier molecular flexibility index (Phi) is 5.46. The Balaban J connectivity index is 1.78. The van der Waals surface area contributed by atoms with Gasteiger partial charge in [-0.3, -0.25) is 9.59 Å². The molecule has 0 spiro atoms. The summed E-state index contributed by atoms with van der Waals surface area (Å²) in [7, 11) is 0. The number of hydrogen-bond donors (Lipinski definition) is 2. The highest BCUT2D eigenvalue weighted by atomic mass is 79.9. The molecule has 2 rings (SSSR count). The largest absolute Gasteiger partial charge is 0.351 e. The molecule has 0 aliphatic heterocycles. The quantitative estimate of drug-likeness (QED) is 0.847. The fourth-order valence-electron chi connectivity index (χ4n) is 1.59. The van der Waals surface area contributed by atoms with Gasteiger partial charge in [-0.25, -0.2) is 4.39 Å². The van der Waals surface area contributed by atoms with Crippen LogP contribution in [0.4, 0.5) is 10.1 Å². The summed E-state index contributed by atoms with van der Waals surface area (Å²) in [5.74, 6) is -1.09. The SMILES string of the molecule is O=C(CCNC(=O)c1cccs1)Nc1ccc(Br)cc1F. The first-order valence-corrected chi connectivity index (χ1v) is 7.80. The third-order valence-corrected chi connectivity index (χ3v) is 3.95. The Morgan fingerprint density at radius 1 is 1.29 bits per heavy atom. The summed E-state index contributed by atoms with van der Waals surface area (Å²) in [4.78, 5) is 23.9. The van der Waals surface area contributed by atoms with Gasteiger partial charge in [0.15, 0.2) is 0 Å². The van der Waals surface area contributed by atoms with Crippen LogP contribution in [0.25, 0.3) is 0 Å². The minimum Gasteiger partial charge on any atom is -0.351 e. The molecule has 0 fully saturated rings. The Morgan fingerprint density at radius 2 is 2.10 bits per heavy atom. The van der Waals surface area contributed by atoms with Crippen molar-refractivity contribution < 1.29 is 14.0 Å². The van der Waals surface area contributed by atoms with Crippen molar-refractivity contribution in [2.75, 3.05) is 11.9 Å². The number of thiophene rings is 1. The maximum atomic E-state index is 13.5. The number of carbonyl (C=O) groups excluding carboxylic acids is 2. The highest BCUT2D eigenvalue weighted by Gasteiger charge is 2.09. The minimum atomic E-state index is -0.514. The van der Waals surface area contributed by atoms with Gasteiger partial charge < -0.3 is 10.6 Å². The molecule has 1 aromatic heterocycles. The first kappa shape index (κ1) is 15.7. The molecule has 0 saturated carbocycles. The smallest absolute Gasteiger partial charge is 0.261 e. The van der Waals surface area contributed by atoms with Gasteiger partial charge in [-0.1, -0.05) is 22.0 Å². The molecule has 0 aliphatic rings. The van der Waals surface area contributed by atoms with Crippen LogP contribution < -0.4 is 10.6 Å². The number of halogens is 2. The van der Waals surface area contributed by atoms with E-state index in [1.54, 1.807) is 23.6 Å². The topological polar surface area (TPSA) is 58.2 Å². The number of rotatable bonds is 5. The lowest BCUT2D eigenvalue weighted by atomic mass is 10.3. The highest BCUT2D eigenvalue weighted by molar-refractivity contribution is 9.10. The van der Waals surface area contributed by atoms with Crippen LogP contribution in [-0.2, 0) is 4.79 Å². The lowest BCUT2D eigenvalue weighted by Crippen LogP contribution is -2.27. The van der Waals surface area contributed by atoms with Crippen LogP contribution in [0.15, 0.2) is 40.2 Å². The molecule has 1 heterocycles. The van der Waals surface area contributed by atoms with E-state index in [0.717, 1.165) is 0 Å². The van der Waals surface area contributed by atoms with Gasteiger partial charge in [0.05, 0.1) is 10.6 Å². The van der Waals surface area contributed by atoms with Gasteiger partial charge in [0.2, 0.25) is 5.91 Å². The number of benzene rings is 1. The van der Waals surface area contributed by atoms with E-state index >= 15 is 0 Å². The zero-order valence-electron chi connectivity index (χ0n) is 10.9. The molecule has 0 unspecified atom stereocenters. The van der Waals surface area contributed by atoms with Gasteiger partial charge in [-0.15, -0.1) is 11.3 Å². The zero-order valence-corrected chi connectivity index (χ0v) is 13.3. The molecule has 0 aliphatic carbocycles. The monoisotopic (exact) mass is 370 g/mol. The van der Waals surface area contributed by atoms with Gasteiger partial charge in [-0.05, 0) is 29.6 Å². The Hall–Kier alpha value is -1.73. The summed E-state index contributed by atoms with van der Waals surface area (Å²) in [6.07, 6.45) is 0.0760. The molecule has 4 nitrogen and oxygen atoms in total. The lowest BCUT2D eigenvalue weighted by molar-refractivity contribution is -0.116. The van der Waals surface area contributed by atoms with E-state index in [4.69, 9.17) is 0 Å². The Morgan fingerprint density at radius 3 is 2.76 bits per heavy atom. The fraction of sp³-hybridized carbons (Fsp3) is 0.143. The molecule has 2 amide bonds. The predicted molar refractivity (Wildman–Crippen MR) is 84.0 cm³/mol. The summed E-state index contributed by atoms with van der Waals surface area (Å²) in [5, 5.41) is 6.90. The molecule has 7 heteroatoms. The summed E-state index contributed by atoms with van der Waals surface area (Å²) in [6, 6.07) is 7.87. The van der Waals surface area contributed by atoms with Crippen LogP contribution >= 0.6 is 27.3 Å². The highest BCUT2D eigenvalue weighted by Crippen LogP contribution is 2.19. The van der Waals surface area contributed by atoms with Gasteiger partial charge >= 0.3 is 0 Å². The summed E-state index contributed by atoms with van der Waals surface area (Å²) in [6.45, 7) is 0.195. The molecular weight excluding hydrogens is 359 g/mol. The van der Waals surface area contributed by atoms with E-state index in [2.05, 4.69) is 26.6 Å². The first-order chi connectivity index (χ1) is 10.1. The molecule has 2 N–H and O–H groups in total. The van der Waals surface area contributed by atoms with Crippen LogP contribution in [0.2, 0.25) is 0 Å². The van der Waals surface area contributed by atoms with E-state index in [0.29, 0.717) is 9.35 Å². The molecule has 21 heavy (non-hydrogen) atoms. The molecular formula is C14H12BrFN2O2S. The molecule has 0 bridgehead atoms. The van der Waals surface area contributed by atoms with Crippen molar-refractivity contribution in [2.24, 2.45) is 0 Å². The number of carbonyl (C=O) groups is 2. The standard InChI is InChI=1S/C14H12BrFN2O2S/c15-9-3-4-11(10(16)8-9)18-13(19)5-6-17-14(20)12-2-1-7-21-12/h1-4,7-8H,5-6H2,(H,17,20)(H,18,19). The Labute approximate surface area is 133 Å². The maximum absolute atomic E-state index is 13.5. The van der Waals surface area contributed by atoms with Crippen LogP contribution in [0.1, 0.15) is 16.1 Å². The van der Waals surface area contributed by atoms with Crippen molar-refractivity contribution in [3.63, 3.8) is 0 Å².